The highest BCUT2D eigenvalue weighted by Crippen LogP contribution is 2.26. The summed E-state index contributed by atoms with van der Waals surface area (Å²) in [4.78, 5) is 2.28. The summed E-state index contributed by atoms with van der Waals surface area (Å²) in [5, 5.41) is 4.98. The molecule has 0 heterocycles. The van der Waals surface area contributed by atoms with Crippen LogP contribution in [0.5, 0.6) is 0 Å². The van der Waals surface area contributed by atoms with Crippen molar-refractivity contribution in [1.82, 2.24) is 10.2 Å². The summed E-state index contributed by atoms with van der Waals surface area (Å²) in [6.45, 7) is 7.61. The number of likely N-dealkylation sites (N-methyl/N-ethyl adjacent to an activating group) is 1. The molecule has 2 atom stereocenters. The predicted molar refractivity (Wildman–Crippen MR) is 89.8 cm³/mol. The van der Waals surface area contributed by atoms with Gasteiger partial charge >= 0.3 is 0 Å². The Hall–Kier alpha value is -0.280. The van der Waals surface area contributed by atoms with Crippen molar-refractivity contribution in [2.75, 3.05) is 20.6 Å². The highest BCUT2D eigenvalue weighted by atomic mass is 35.5. The molecule has 2 nitrogen and oxygen atoms in total. The van der Waals surface area contributed by atoms with E-state index in [0.29, 0.717) is 17.0 Å². The molecule has 0 spiro atoms. The molecule has 1 N–H and O–H groups in total. The summed E-state index contributed by atoms with van der Waals surface area (Å²) < 4.78 is 0. The molecule has 0 aliphatic carbocycles. The van der Waals surface area contributed by atoms with Crippen molar-refractivity contribution in [1.29, 1.82) is 0 Å². The zero-order chi connectivity index (χ0) is 15.3. The lowest BCUT2D eigenvalue weighted by atomic mass is 10.0. The molecule has 0 fully saturated rings. The Morgan fingerprint density at radius 1 is 1.15 bits per heavy atom. The largest absolute Gasteiger partial charge is 0.309 e. The van der Waals surface area contributed by atoms with Gasteiger partial charge in [-0.2, -0.15) is 0 Å². The maximum atomic E-state index is 6.25. The van der Waals surface area contributed by atoms with Crippen molar-refractivity contribution in [2.24, 2.45) is 5.92 Å². The zero-order valence-corrected chi connectivity index (χ0v) is 14.6. The van der Waals surface area contributed by atoms with Gasteiger partial charge in [-0.15, -0.1) is 0 Å². The van der Waals surface area contributed by atoms with Gasteiger partial charge in [0, 0.05) is 28.7 Å². The topological polar surface area (TPSA) is 15.3 Å². The van der Waals surface area contributed by atoms with Crippen LogP contribution >= 0.6 is 23.2 Å². The summed E-state index contributed by atoms with van der Waals surface area (Å²) >= 11 is 12.2. The van der Waals surface area contributed by atoms with Crippen LogP contribution in [0.15, 0.2) is 18.2 Å². The molecule has 1 rings (SSSR count). The van der Waals surface area contributed by atoms with Gasteiger partial charge in [0.1, 0.15) is 0 Å². The van der Waals surface area contributed by atoms with Crippen LogP contribution in [0.1, 0.15) is 38.8 Å². The summed E-state index contributed by atoms with van der Waals surface area (Å²) in [6, 6.07) is 6.43. The minimum absolute atomic E-state index is 0.217. The minimum atomic E-state index is 0.217. The highest BCUT2D eigenvalue weighted by molar-refractivity contribution is 6.35. The van der Waals surface area contributed by atoms with Crippen molar-refractivity contribution in [2.45, 2.75) is 39.3 Å². The maximum Gasteiger partial charge on any atom is 0.0468 e. The van der Waals surface area contributed by atoms with E-state index < -0.39 is 0 Å². The molecular weight excluding hydrogens is 291 g/mol. The van der Waals surface area contributed by atoms with Crippen LogP contribution in [0.2, 0.25) is 10.0 Å². The van der Waals surface area contributed by atoms with Gasteiger partial charge in [-0.25, -0.2) is 0 Å². The molecular formula is C16H26Cl2N2. The van der Waals surface area contributed by atoms with Crippen LogP contribution in [-0.2, 0) is 0 Å². The molecule has 0 aliphatic heterocycles. The third-order valence-electron chi connectivity index (χ3n) is 3.56. The Labute approximate surface area is 133 Å². The molecule has 1 aromatic rings. The van der Waals surface area contributed by atoms with Crippen LogP contribution in [-0.4, -0.2) is 31.6 Å². The van der Waals surface area contributed by atoms with Crippen LogP contribution in [0, 0.1) is 5.92 Å². The molecule has 0 saturated carbocycles. The summed E-state index contributed by atoms with van der Waals surface area (Å²) in [5.74, 6) is 0.693. The van der Waals surface area contributed by atoms with Crippen LogP contribution in [0.25, 0.3) is 0 Å². The first kappa shape index (κ1) is 17.8. The fraction of sp³-hybridized carbons (Fsp3) is 0.625. The lowest BCUT2D eigenvalue weighted by molar-refractivity contribution is 0.242. The normalized spacial score (nSPS) is 14.8. The molecule has 0 aliphatic rings. The van der Waals surface area contributed by atoms with Crippen molar-refractivity contribution >= 4 is 23.2 Å². The fourth-order valence-corrected chi connectivity index (χ4v) is 2.87. The van der Waals surface area contributed by atoms with E-state index in [2.05, 4.69) is 45.1 Å². The number of nitrogens with zero attached hydrogens (tertiary/aromatic N) is 1. The van der Waals surface area contributed by atoms with Crippen molar-refractivity contribution in [3.63, 3.8) is 0 Å². The summed E-state index contributed by atoms with van der Waals surface area (Å²) in [6.07, 6.45) is 1.18. The molecule has 114 valence electrons. The first-order valence-electron chi connectivity index (χ1n) is 7.16. The van der Waals surface area contributed by atoms with Gasteiger partial charge in [0.2, 0.25) is 0 Å². The molecule has 2 unspecified atom stereocenters. The third-order valence-corrected chi connectivity index (χ3v) is 4.12. The lowest BCUT2D eigenvalue weighted by Crippen LogP contribution is -2.39. The summed E-state index contributed by atoms with van der Waals surface area (Å²) in [7, 11) is 4.27. The van der Waals surface area contributed by atoms with Crippen LogP contribution in [0.4, 0.5) is 0 Å². The van der Waals surface area contributed by atoms with E-state index >= 15 is 0 Å². The SMILES string of the molecule is CC(C)CC(CNC(C)c1ccc(Cl)cc1Cl)N(C)C. The fourth-order valence-electron chi connectivity index (χ4n) is 2.30. The molecule has 1 aromatic carbocycles. The molecule has 4 heteroatoms. The maximum absolute atomic E-state index is 6.25. The van der Waals surface area contributed by atoms with Gasteiger partial charge in [-0.3, -0.25) is 0 Å². The van der Waals surface area contributed by atoms with E-state index in [9.17, 15) is 0 Å². The number of hydrogen-bond acceptors (Lipinski definition) is 2. The van der Waals surface area contributed by atoms with Crippen molar-refractivity contribution in [3.8, 4) is 0 Å². The molecule has 0 amide bonds. The Bertz CT molecular complexity index is 419. The Kier molecular flexibility index (Phi) is 7.32. The average molecular weight is 317 g/mol. The summed E-state index contributed by atoms with van der Waals surface area (Å²) in [5.41, 5.74) is 1.10. The smallest absolute Gasteiger partial charge is 0.0468 e. The van der Waals surface area contributed by atoms with Gasteiger partial charge < -0.3 is 10.2 Å². The minimum Gasteiger partial charge on any atom is -0.309 e. The number of hydrogen-bond donors (Lipinski definition) is 1. The third kappa shape index (κ3) is 5.61. The van der Waals surface area contributed by atoms with E-state index in [4.69, 9.17) is 23.2 Å². The number of halogens is 2. The molecule has 0 saturated heterocycles. The molecule has 0 bridgehead atoms. The van der Waals surface area contributed by atoms with Gasteiger partial charge in [0.05, 0.1) is 0 Å². The molecule has 20 heavy (non-hydrogen) atoms. The second kappa shape index (κ2) is 8.23. The van der Waals surface area contributed by atoms with Crippen LogP contribution < -0.4 is 5.32 Å². The average Bonchev–Trinajstić information content (AvgIpc) is 2.33. The van der Waals surface area contributed by atoms with Gasteiger partial charge in [-0.05, 0) is 51.1 Å². The van der Waals surface area contributed by atoms with Gasteiger partial charge in [0.25, 0.3) is 0 Å². The Morgan fingerprint density at radius 3 is 2.30 bits per heavy atom. The van der Waals surface area contributed by atoms with E-state index in [1.54, 1.807) is 6.07 Å². The van der Waals surface area contributed by atoms with Crippen molar-refractivity contribution in [3.05, 3.63) is 33.8 Å². The number of nitrogens with one attached hydrogen (secondary N) is 1. The Balaban J connectivity index is 2.62. The first-order chi connectivity index (χ1) is 9.31. The van der Waals surface area contributed by atoms with Crippen LogP contribution in [0.3, 0.4) is 0 Å². The molecule has 0 radical (unpaired) electrons. The highest BCUT2D eigenvalue weighted by Gasteiger charge is 2.16. The van der Waals surface area contributed by atoms with E-state index in [0.717, 1.165) is 17.1 Å². The monoisotopic (exact) mass is 316 g/mol. The second-order valence-corrected chi connectivity index (χ2v) is 6.89. The lowest BCUT2D eigenvalue weighted by Gasteiger charge is -2.28. The first-order valence-corrected chi connectivity index (χ1v) is 7.91. The standard InChI is InChI=1S/C16H26Cl2N2/c1-11(2)8-14(20(4)5)10-19-12(3)15-7-6-13(17)9-16(15)18/h6-7,9,11-12,14,19H,8,10H2,1-5H3. The van der Waals surface area contributed by atoms with Gasteiger partial charge in [0.15, 0.2) is 0 Å². The van der Waals surface area contributed by atoms with E-state index in [1.165, 1.54) is 6.42 Å². The quantitative estimate of drug-likeness (QED) is 0.789. The Morgan fingerprint density at radius 2 is 1.80 bits per heavy atom. The predicted octanol–water partition coefficient (Wildman–Crippen LogP) is 4.62. The second-order valence-electron chi connectivity index (χ2n) is 6.04. The van der Waals surface area contributed by atoms with Crippen molar-refractivity contribution < 1.29 is 0 Å². The van der Waals surface area contributed by atoms with E-state index in [-0.39, 0.29) is 6.04 Å². The number of rotatable bonds is 7. The number of benzene rings is 1. The zero-order valence-electron chi connectivity index (χ0n) is 13.1. The molecule has 0 aromatic heterocycles. The van der Waals surface area contributed by atoms with E-state index in [1.807, 2.05) is 12.1 Å². The van der Waals surface area contributed by atoms with Gasteiger partial charge in [-0.1, -0.05) is 43.1 Å².